The Morgan fingerprint density at radius 1 is 1.12 bits per heavy atom. The quantitative estimate of drug-likeness (QED) is 0.449. The summed E-state index contributed by atoms with van der Waals surface area (Å²) in [6, 6.07) is 0. The third-order valence-electron chi connectivity index (χ3n) is 0.699. The van der Waals surface area contributed by atoms with Crippen LogP contribution in [0.3, 0.4) is 0 Å². The monoisotopic (exact) mass is 120 g/mol. The number of rotatable bonds is 4. The van der Waals surface area contributed by atoms with Crippen LogP contribution in [-0.2, 0) is 5.21 Å². The molecule has 0 rings (SSSR count). The second-order valence-electron chi connectivity index (χ2n) is 1.38. The van der Waals surface area contributed by atoms with E-state index >= 15 is 0 Å². The van der Waals surface area contributed by atoms with E-state index in [1.165, 1.54) is 0 Å². The van der Waals surface area contributed by atoms with Gasteiger partial charge < -0.3 is 10.2 Å². The molecule has 0 bridgehead atoms. The van der Waals surface area contributed by atoms with Crippen molar-refractivity contribution >= 4 is 0 Å². The van der Waals surface area contributed by atoms with Gasteiger partial charge in [-0.25, -0.2) is 0 Å². The molecule has 0 unspecified atom stereocenters. The van der Waals surface area contributed by atoms with Crippen molar-refractivity contribution in [2.24, 2.45) is 0 Å². The summed E-state index contributed by atoms with van der Waals surface area (Å²) in [5.41, 5.74) is 0. The van der Waals surface area contributed by atoms with Gasteiger partial charge in [0, 0.05) is 0 Å². The van der Waals surface area contributed by atoms with Crippen molar-refractivity contribution < 1.29 is 15.4 Å². The van der Waals surface area contributed by atoms with Crippen LogP contribution in [-0.4, -0.2) is 41.6 Å². The lowest BCUT2D eigenvalue weighted by atomic mass is 10.6. The molecule has 0 saturated heterocycles. The highest BCUT2D eigenvalue weighted by atomic mass is 16.5. The Hall–Kier alpha value is -0.160. The van der Waals surface area contributed by atoms with Crippen molar-refractivity contribution in [3.8, 4) is 0 Å². The first-order chi connectivity index (χ1) is 3.81. The molecule has 0 aliphatic carbocycles. The first-order valence-electron chi connectivity index (χ1n) is 2.45. The van der Waals surface area contributed by atoms with Gasteiger partial charge in [0.1, 0.15) is 0 Å². The van der Waals surface area contributed by atoms with Crippen LogP contribution in [0.5, 0.6) is 0 Å². The SMILES string of the molecule is [O]N(CCO)CCO. The fraction of sp³-hybridized carbons (Fsp3) is 1.00. The van der Waals surface area contributed by atoms with Crippen LogP contribution in [0.25, 0.3) is 0 Å². The first kappa shape index (κ1) is 7.84. The maximum atomic E-state index is 10.2. The average molecular weight is 120 g/mol. The summed E-state index contributed by atoms with van der Waals surface area (Å²) < 4.78 is 0. The smallest absolute Gasteiger partial charge is 0.0583 e. The molecule has 0 atom stereocenters. The van der Waals surface area contributed by atoms with Crippen LogP contribution in [0.15, 0.2) is 0 Å². The molecule has 8 heavy (non-hydrogen) atoms. The molecule has 1 radical (unpaired) electrons. The van der Waals surface area contributed by atoms with Crippen molar-refractivity contribution in [2.45, 2.75) is 0 Å². The molecule has 0 heterocycles. The minimum Gasteiger partial charge on any atom is -0.395 e. The predicted octanol–water partition coefficient (Wildman–Crippen LogP) is -1.38. The number of hydrogen-bond acceptors (Lipinski definition) is 3. The lowest BCUT2D eigenvalue weighted by molar-refractivity contribution is -0.166. The maximum Gasteiger partial charge on any atom is 0.0583 e. The first-order valence-corrected chi connectivity index (χ1v) is 2.45. The molecule has 49 valence electrons. The Kier molecular flexibility index (Phi) is 4.89. The summed E-state index contributed by atoms with van der Waals surface area (Å²) in [6.45, 7) is -0.131. The average Bonchev–Trinajstić information content (AvgIpc) is 1.68. The van der Waals surface area contributed by atoms with Gasteiger partial charge in [-0.3, -0.25) is 0 Å². The van der Waals surface area contributed by atoms with E-state index in [9.17, 15) is 5.21 Å². The van der Waals surface area contributed by atoms with E-state index in [2.05, 4.69) is 0 Å². The van der Waals surface area contributed by atoms with Crippen LogP contribution < -0.4 is 0 Å². The molecule has 0 fully saturated rings. The van der Waals surface area contributed by atoms with Gasteiger partial charge in [-0.2, -0.15) is 5.06 Å². The van der Waals surface area contributed by atoms with Crippen molar-refractivity contribution in [1.29, 1.82) is 0 Å². The molecular weight excluding hydrogens is 110 g/mol. The molecule has 0 aromatic carbocycles. The molecule has 0 amide bonds. The Morgan fingerprint density at radius 3 is 1.75 bits per heavy atom. The number of hydroxylamine groups is 2. The molecule has 0 spiro atoms. The molecule has 4 nitrogen and oxygen atoms in total. The zero-order chi connectivity index (χ0) is 6.41. The van der Waals surface area contributed by atoms with Gasteiger partial charge in [-0.05, 0) is 0 Å². The van der Waals surface area contributed by atoms with E-state index in [0.717, 1.165) is 0 Å². The second-order valence-corrected chi connectivity index (χ2v) is 1.38. The lowest BCUT2D eigenvalue weighted by Crippen LogP contribution is -2.24. The summed E-state index contributed by atoms with van der Waals surface area (Å²) in [5, 5.41) is 27.1. The topological polar surface area (TPSA) is 63.6 Å². The Balaban J connectivity index is 2.92. The highest BCUT2D eigenvalue weighted by molar-refractivity contribution is 4.38. The van der Waals surface area contributed by atoms with Crippen LogP contribution in [0.2, 0.25) is 0 Å². The fourth-order valence-corrected chi connectivity index (χ4v) is 0.335. The van der Waals surface area contributed by atoms with E-state index < -0.39 is 0 Å². The van der Waals surface area contributed by atoms with Gasteiger partial charge in [0.2, 0.25) is 0 Å². The molecule has 0 aliphatic rings. The normalized spacial score (nSPS) is 10.5. The molecule has 0 saturated carbocycles. The van der Waals surface area contributed by atoms with Crippen LogP contribution in [0.4, 0.5) is 0 Å². The Labute approximate surface area is 47.9 Å². The van der Waals surface area contributed by atoms with Gasteiger partial charge in [-0.15, -0.1) is 5.21 Å². The third-order valence-corrected chi connectivity index (χ3v) is 0.699. The third kappa shape index (κ3) is 4.01. The predicted molar refractivity (Wildman–Crippen MR) is 26.4 cm³/mol. The van der Waals surface area contributed by atoms with E-state index in [1.54, 1.807) is 0 Å². The molecular formula is C4H10NO3. The molecule has 0 aromatic rings. The minimum absolute atomic E-state index is 0.0839. The second kappa shape index (κ2) is 4.99. The number of aliphatic hydroxyl groups excluding tert-OH is 2. The van der Waals surface area contributed by atoms with Gasteiger partial charge in [0.15, 0.2) is 0 Å². The van der Waals surface area contributed by atoms with Crippen molar-refractivity contribution in [3.63, 3.8) is 0 Å². The molecule has 0 aliphatic heterocycles. The van der Waals surface area contributed by atoms with Crippen LogP contribution in [0, 0.1) is 0 Å². The summed E-state index contributed by atoms with van der Waals surface area (Å²) >= 11 is 0. The van der Waals surface area contributed by atoms with E-state index in [4.69, 9.17) is 10.2 Å². The van der Waals surface area contributed by atoms with Crippen molar-refractivity contribution in [1.82, 2.24) is 5.06 Å². The Bertz CT molecular complexity index is 44.5. The van der Waals surface area contributed by atoms with Crippen LogP contribution >= 0.6 is 0 Å². The Morgan fingerprint density at radius 2 is 1.50 bits per heavy atom. The largest absolute Gasteiger partial charge is 0.395 e. The van der Waals surface area contributed by atoms with Crippen LogP contribution in [0.1, 0.15) is 0 Å². The molecule has 2 N–H and O–H groups in total. The number of nitrogens with zero attached hydrogens (tertiary/aromatic N) is 1. The van der Waals surface area contributed by atoms with Gasteiger partial charge in [-0.1, -0.05) is 0 Å². The maximum absolute atomic E-state index is 10.2. The number of hydrogen-bond donors (Lipinski definition) is 2. The van der Waals surface area contributed by atoms with Crippen molar-refractivity contribution in [2.75, 3.05) is 26.3 Å². The summed E-state index contributed by atoms with van der Waals surface area (Å²) in [6.07, 6.45) is 0. The zero-order valence-corrected chi connectivity index (χ0v) is 4.58. The van der Waals surface area contributed by atoms with Crippen molar-refractivity contribution in [3.05, 3.63) is 0 Å². The summed E-state index contributed by atoms with van der Waals surface area (Å²) in [5.74, 6) is 0. The summed E-state index contributed by atoms with van der Waals surface area (Å²) in [7, 11) is 0. The van der Waals surface area contributed by atoms with E-state index in [1.807, 2.05) is 0 Å². The highest BCUT2D eigenvalue weighted by Gasteiger charge is 1.96. The van der Waals surface area contributed by atoms with Gasteiger partial charge >= 0.3 is 0 Å². The zero-order valence-electron chi connectivity index (χ0n) is 4.58. The lowest BCUT2D eigenvalue weighted by Gasteiger charge is -2.05. The van der Waals surface area contributed by atoms with Gasteiger partial charge in [0.25, 0.3) is 0 Å². The molecule has 0 aromatic heterocycles. The van der Waals surface area contributed by atoms with E-state index in [0.29, 0.717) is 5.06 Å². The standard InChI is InChI=1S/C4H10NO3/c6-3-1-5(8)2-4-7/h6-7H,1-4H2. The van der Waals surface area contributed by atoms with Gasteiger partial charge in [0.05, 0.1) is 26.3 Å². The summed E-state index contributed by atoms with van der Waals surface area (Å²) in [4.78, 5) is 0. The highest BCUT2D eigenvalue weighted by Crippen LogP contribution is 1.77. The minimum atomic E-state index is -0.149. The van der Waals surface area contributed by atoms with E-state index in [-0.39, 0.29) is 26.3 Å². The molecule has 4 heteroatoms. The number of aliphatic hydroxyl groups is 2. The fourth-order valence-electron chi connectivity index (χ4n) is 0.335.